The highest BCUT2D eigenvalue weighted by atomic mass is 16.3. The molecule has 1 unspecified atom stereocenters. The number of fused-ring (bicyclic) bond motifs is 3. The third kappa shape index (κ3) is 2.70. The minimum Gasteiger partial charge on any atom is -0.382 e. The van der Waals surface area contributed by atoms with Gasteiger partial charge in [-0.1, -0.05) is 53.7 Å². The largest absolute Gasteiger partial charge is 0.382 e. The zero-order chi connectivity index (χ0) is 21.8. The summed E-state index contributed by atoms with van der Waals surface area (Å²) in [4.78, 5) is 0. The van der Waals surface area contributed by atoms with E-state index >= 15 is 0 Å². The first-order valence-electron chi connectivity index (χ1n) is 10.7. The minimum atomic E-state index is -0.775. The second-order valence-electron chi connectivity index (χ2n) is 8.29. The summed E-state index contributed by atoms with van der Waals surface area (Å²) in [6.45, 7) is 0.527. The molecule has 6 nitrogen and oxygen atoms in total. The van der Waals surface area contributed by atoms with Crippen molar-refractivity contribution < 1.29 is 5.11 Å². The molecule has 6 rings (SSSR count). The first-order chi connectivity index (χ1) is 15.6. The Kier molecular flexibility index (Phi) is 4.16. The Labute approximate surface area is 184 Å². The zero-order valence-corrected chi connectivity index (χ0v) is 18.0. The molecule has 6 aromatic rings. The standard InChI is InChI=1S/C26H23N5O/c1-29-15-20(18-10-3-6-12-22(18)29)26(32)25-19(17-9-4-7-13-23(17)30(25)2)16-31-24-14-8-5-11-21(24)27-28-31/h3-15,26,32H,16H2,1-2H3. The average Bonchev–Trinajstić information content (AvgIpc) is 3.47. The Morgan fingerprint density at radius 1 is 0.812 bits per heavy atom. The monoisotopic (exact) mass is 421 g/mol. The molecule has 0 aliphatic carbocycles. The lowest BCUT2D eigenvalue weighted by atomic mass is 10.0. The van der Waals surface area contributed by atoms with Gasteiger partial charge in [0.25, 0.3) is 0 Å². The molecule has 0 aliphatic rings. The Morgan fingerprint density at radius 3 is 2.28 bits per heavy atom. The first kappa shape index (κ1) is 18.8. The van der Waals surface area contributed by atoms with Crippen molar-refractivity contribution in [1.29, 1.82) is 0 Å². The van der Waals surface area contributed by atoms with Crippen LogP contribution in [0.15, 0.2) is 79.0 Å². The van der Waals surface area contributed by atoms with Gasteiger partial charge in [0.1, 0.15) is 11.6 Å². The summed E-state index contributed by atoms with van der Waals surface area (Å²) < 4.78 is 6.09. The lowest BCUT2D eigenvalue weighted by Gasteiger charge is -2.15. The van der Waals surface area contributed by atoms with E-state index in [1.807, 2.05) is 73.5 Å². The smallest absolute Gasteiger partial charge is 0.121 e. The second kappa shape index (κ2) is 7.07. The molecule has 0 saturated heterocycles. The molecule has 0 bridgehead atoms. The van der Waals surface area contributed by atoms with Gasteiger partial charge in [-0.25, -0.2) is 4.68 Å². The van der Waals surface area contributed by atoms with E-state index in [2.05, 4.69) is 43.7 Å². The molecular formula is C26H23N5O. The lowest BCUT2D eigenvalue weighted by Crippen LogP contribution is -2.11. The summed E-state index contributed by atoms with van der Waals surface area (Å²) in [5.74, 6) is 0. The van der Waals surface area contributed by atoms with Crippen LogP contribution in [0.3, 0.4) is 0 Å². The maximum Gasteiger partial charge on any atom is 0.121 e. The molecule has 32 heavy (non-hydrogen) atoms. The molecular weight excluding hydrogens is 398 g/mol. The summed E-state index contributed by atoms with van der Waals surface area (Å²) in [6.07, 6.45) is 1.25. The summed E-state index contributed by atoms with van der Waals surface area (Å²) >= 11 is 0. The van der Waals surface area contributed by atoms with E-state index in [1.54, 1.807) is 0 Å². The van der Waals surface area contributed by atoms with Gasteiger partial charge in [-0.05, 0) is 24.3 Å². The van der Waals surface area contributed by atoms with E-state index in [1.165, 1.54) is 0 Å². The van der Waals surface area contributed by atoms with Crippen molar-refractivity contribution in [3.8, 4) is 0 Å². The number of aliphatic hydroxyl groups excluding tert-OH is 1. The topological polar surface area (TPSA) is 60.8 Å². The maximum absolute atomic E-state index is 11.7. The van der Waals surface area contributed by atoms with E-state index in [0.29, 0.717) is 6.54 Å². The van der Waals surface area contributed by atoms with Crippen molar-refractivity contribution in [3.05, 3.63) is 95.8 Å². The Hall–Kier alpha value is -3.90. The fourth-order valence-corrected chi connectivity index (χ4v) is 4.93. The molecule has 1 atom stereocenters. The van der Waals surface area contributed by atoms with Gasteiger partial charge >= 0.3 is 0 Å². The van der Waals surface area contributed by atoms with Gasteiger partial charge in [0.05, 0.1) is 17.8 Å². The predicted molar refractivity (Wildman–Crippen MR) is 127 cm³/mol. The van der Waals surface area contributed by atoms with Crippen LogP contribution in [0.2, 0.25) is 0 Å². The third-order valence-electron chi connectivity index (χ3n) is 6.47. The highest BCUT2D eigenvalue weighted by molar-refractivity contribution is 5.88. The number of para-hydroxylation sites is 3. The minimum absolute atomic E-state index is 0.527. The molecule has 6 heteroatoms. The molecule has 0 amide bonds. The Morgan fingerprint density at radius 2 is 1.47 bits per heavy atom. The number of hydrogen-bond donors (Lipinski definition) is 1. The zero-order valence-electron chi connectivity index (χ0n) is 18.0. The van der Waals surface area contributed by atoms with E-state index < -0.39 is 6.10 Å². The van der Waals surface area contributed by atoms with E-state index in [0.717, 1.165) is 49.7 Å². The van der Waals surface area contributed by atoms with Crippen LogP contribution in [-0.4, -0.2) is 29.2 Å². The van der Waals surface area contributed by atoms with Crippen LogP contribution >= 0.6 is 0 Å². The Bertz CT molecular complexity index is 1600. The van der Waals surface area contributed by atoms with E-state index in [9.17, 15) is 5.11 Å². The predicted octanol–water partition coefficient (Wildman–Crippen LogP) is 4.54. The van der Waals surface area contributed by atoms with Crippen LogP contribution in [0.1, 0.15) is 22.9 Å². The fourth-order valence-electron chi connectivity index (χ4n) is 4.93. The summed E-state index contributed by atoms with van der Waals surface area (Å²) in [5.41, 5.74) is 6.86. The van der Waals surface area contributed by atoms with Crippen molar-refractivity contribution in [2.75, 3.05) is 0 Å². The SMILES string of the molecule is Cn1cc(C(O)c2c(Cn3nnc4ccccc43)c3ccccc3n2C)c2ccccc21. The van der Waals surface area contributed by atoms with E-state index in [4.69, 9.17) is 0 Å². The number of aromatic nitrogens is 5. The highest BCUT2D eigenvalue weighted by Gasteiger charge is 2.25. The summed E-state index contributed by atoms with van der Waals surface area (Å²) in [6, 6.07) is 24.4. The van der Waals surface area contributed by atoms with Gasteiger partial charge in [0.2, 0.25) is 0 Å². The number of aliphatic hydroxyl groups is 1. The molecule has 0 radical (unpaired) electrons. The quantitative estimate of drug-likeness (QED) is 0.454. The van der Waals surface area contributed by atoms with Crippen molar-refractivity contribution in [2.24, 2.45) is 14.1 Å². The molecule has 0 saturated carbocycles. The van der Waals surface area contributed by atoms with Gasteiger partial charge in [0.15, 0.2) is 0 Å². The number of benzene rings is 3. The molecule has 3 heterocycles. The van der Waals surface area contributed by atoms with Crippen molar-refractivity contribution in [1.82, 2.24) is 24.1 Å². The number of nitrogens with zero attached hydrogens (tertiary/aromatic N) is 5. The summed E-state index contributed by atoms with van der Waals surface area (Å²) in [5, 5.41) is 22.6. The van der Waals surface area contributed by atoms with Gasteiger partial charge in [-0.3, -0.25) is 0 Å². The molecule has 1 N–H and O–H groups in total. The van der Waals surface area contributed by atoms with Gasteiger partial charge in [-0.15, -0.1) is 5.10 Å². The molecule has 0 aliphatic heterocycles. The van der Waals surface area contributed by atoms with Gasteiger partial charge < -0.3 is 14.2 Å². The fraction of sp³-hybridized carbons (Fsp3) is 0.154. The lowest BCUT2D eigenvalue weighted by molar-refractivity contribution is 0.212. The number of aryl methyl sites for hydroxylation is 2. The van der Waals surface area contributed by atoms with Crippen LogP contribution < -0.4 is 0 Å². The van der Waals surface area contributed by atoms with Crippen molar-refractivity contribution in [3.63, 3.8) is 0 Å². The Balaban J connectivity index is 1.57. The molecule has 3 aromatic heterocycles. The summed E-state index contributed by atoms with van der Waals surface area (Å²) in [7, 11) is 4.04. The average molecular weight is 422 g/mol. The second-order valence-corrected chi connectivity index (χ2v) is 8.29. The van der Waals surface area contributed by atoms with E-state index in [-0.39, 0.29) is 0 Å². The van der Waals surface area contributed by atoms with Crippen LogP contribution in [0.25, 0.3) is 32.8 Å². The highest BCUT2D eigenvalue weighted by Crippen LogP contribution is 2.36. The van der Waals surface area contributed by atoms with Crippen molar-refractivity contribution in [2.45, 2.75) is 12.6 Å². The molecule has 3 aromatic carbocycles. The van der Waals surface area contributed by atoms with Crippen LogP contribution in [0.5, 0.6) is 0 Å². The first-order valence-corrected chi connectivity index (χ1v) is 10.7. The third-order valence-corrected chi connectivity index (χ3v) is 6.47. The number of hydrogen-bond acceptors (Lipinski definition) is 3. The number of rotatable bonds is 4. The maximum atomic E-state index is 11.7. The normalized spacial score (nSPS) is 12.8. The van der Waals surface area contributed by atoms with Crippen LogP contribution in [-0.2, 0) is 20.6 Å². The van der Waals surface area contributed by atoms with Gasteiger partial charge in [-0.2, -0.15) is 0 Å². The van der Waals surface area contributed by atoms with Gasteiger partial charge in [0, 0.05) is 53.2 Å². The van der Waals surface area contributed by atoms with Crippen molar-refractivity contribution >= 4 is 32.8 Å². The molecule has 0 spiro atoms. The van der Waals surface area contributed by atoms with Crippen LogP contribution in [0, 0.1) is 0 Å². The molecule has 0 fully saturated rings. The van der Waals surface area contributed by atoms with Crippen LogP contribution in [0.4, 0.5) is 0 Å². The molecule has 158 valence electrons.